The number of hydrogen-bond acceptors (Lipinski definition) is 7. The topological polar surface area (TPSA) is 175 Å². The number of hydrogen-bond donors (Lipinski definition) is 3. The number of phenolic OH excluding ortho intramolecular Hbond substituents is 1. The van der Waals surface area contributed by atoms with Crippen molar-refractivity contribution in [3.05, 3.63) is 64.6 Å². The van der Waals surface area contributed by atoms with Crippen LogP contribution in [0.25, 0.3) is 0 Å². The third-order valence-corrected chi connectivity index (χ3v) is 7.04. The van der Waals surface area contributed by atoms with Crippen molar-refractivity contribution < 1.29 is 39.5 Å². The second-order valence-electron chi connectivity index (χ2n) is 5.98. The second-order valence-corrected chi connectivity index (χ2v) is 10.5. The SMILES string of the molecule is O=S(=O)(O)C1=CC(=NS(=O)(=O)c2ccccc2)c2c(O)cc(S(=O)(=O)O)cc2C1. The van der Waals surface area contributed by atoms with Crippen LogP contribution in [0.3, 0.4) is 0 Å². The van der Waals surface area contributed by atoms with Gasteiger partial charge in [0.05, 0.1) is 20.4 Å². The number of sulfonamides is 1. The van der Waals surface area contributed by atoms with Crippen LogP contribution in [0.4, 0.5) is 0 Å². The third kappa shape index (κ3) is 4.38. The fraction of sp³-hybridized carbons (Fsp3) is 0.0625. The van der Waals surface area contributed by atoms with E-state index >= 15 is 0 Å². The lowest BCUT2D eigenvalue weighted by Gasteiger charge is -2.19. The Morgan fingerprint density at radius 2 is 1.45 bits per heavy atom. The molecule has 0 atom stereocenters. The maximum Gasteiger partial charge on any atom is 0.294 e. The summed E-state index contributed by atoms with van der Waals surface area (Å²) in [5.74, 6) is -0.747. The number of phenols is 1. The van der Waals surface area contributed by atoms with Crippen molar-refractivity contribution in [2.75, 3.05) is 0 Å². The highest BCUT2D eigenvalue weighted by Crippen LogP contribution is 2.34. The summed E-state index contributed by atoms with van der Waals surface area (Å²) in [5, 5.41) is 10.2. The standard InChI is InChI=1S/C16H13NO9S3/c18-15-9-13(29(24,25)26)7-10-6-12(28(21,22)23)8-14(16(10)15)17-27(19,20)11-4-2-1-3-5-11/h1-5,7-9,18H,6H2,(H,21,22,23)(H,24,25,26). The molecule has 0 aromatic heterocycles. The first-order chi connectivity index (χ1) is 13.3. The lowest BCUT2D eigenvalue weighted by molar-refractivity contribution is 0.464. The van der Waals surface area contributed by atoms with Gasteiger partial charge in [-0.2, -0.15) is 29.7 Å². The molecule has 0 aliphatic heterocycles. The van der Waals surface area contributed by atoms with Gasteiger partial charge in [-0.1, -0.05) is 18.2 Å². The van der Waals surface area contributed by atoms with Crippen LogP contribution in [-0.2, 0) is 36.7 Å². The van der Waals surface area contributed by atoms with E-state index in [9.17, 15) is 39.5 Å². The number of fused-ring (bicyclic) bond motifs is 1. The lowest BCUT2D eigenvalue weighted by atomic mass is 9.94. The van der Waals surface area contributed by atoms with Gasteiger partial charge in [0, 0.05) is 18.1 Å². The van der Waals surface area contributed by atoms with Crippen LogP contribution in [-0.4, -0.2) is 45.2 Å². The molecule has 10 nitrogen and oxygen atoms in total. The summed E-state index contributed by atoms with van der Waals surface area (Å²) in [4.78, 5) is -1.62. The molecule has 3 N–H and O–H groups in total. The minimum Gasteiger partial charge on any atom is -0.507 e. The molecule has 0 amide bonds. The van der Waals surface area contributed by atoms with Crippen LogP contribution in [0.5, 0.6) is 5.75 Å². The van der Waals surface area contributed by atoms with Gasteiger partial charge in [-0.15, -0.1) is 0 Å². The molecule has 154 valence electrons. The molecule has 0 saturated heterocycles. The Balaban J connectivity index is 2.31. The molecule has 0 fully saturated rings. The molecule has 13 heteroatoms. The molecule has 0 spiro atoms. The van der Waals surface area contributed by atoms with Crippen LogP contribution < -0.4 is 0 Å². The van der Waals surface area contributed by atoms with E-state index in [2.05, 4.69) is 4.40 Å². The summed E-state index contributed by atoms with van der Waals surface area (Å²) in [5.41, 5.74) is -0.943. The Morgan fingerprint density at radius 3 is 2.00 bits per heavy atom. The molecular weight excluding hydrogens is 446 g/mol. The van der Waals surface area contributed by atoms with Gasteiger partial charge in [-0.05, 0) is 29.8 Å². The molecule has 2 aromatic carbocycles. The summed E-state index contributed by atoms with van der Waals surface area (Å²) in [6, 6.07) is 8.48. The van der Waals surface area contributed by atoms with Gasteiger partial charge in [0.2, 0.25) is 0 Å². The molecule has 0 saturated carbocycles. The van der Waals surface area contributed by atoms with Crippen LogP contribution in [0.1, 0.15) is 11.1 Å². The second kappa shape index (κ2) is 7.03. The molecule has 0 unspecified atom stereocenters. The smallest absolute Gasteiger partial charge is 0.294 e. The zero-order valence-corrected chi connectivity index (χ0v) is 16.7. The first-order valence-corrected chi connectivity index (χ1v) is 12.0. The van der Waals surface area contributed by atoms with E-state index in [0.717, 1.165) is 12.1 Å². The molecular formula is C16H13NO9S3. The zero-order chi connectivity index (χ0) is 21.6. The highest BCUT2D eigenvalue weighted by Gasteiger charge is 2.29. The number of aromatic hydroxyl groups is 1. The highest BCUT2D eigenvalue weighted by atomic mass is 32.2. The van der Waals surface area contributed by atoms with Gasteiger partial charge in [0.25, 0.3) is 30.3 Å². The van der Waals surface area contributed by atoms with Gasteiger partial charge < -0.3 is 5.11 Å². The Labute approximate surface area is 166 Å². The van der Waals surface area contributed by atoms with Gasteiger partial charge in [-0.3, -0.25) is 9.11 Å². The van der Waals surface area contributed by atoms with Crippen molar-refractivity contribution in [3.8, 4) is 5.75 Å². The molecule has 1 aliphatic rings. The lowest BCUT2D eigenvalue weighted by Crippen LogP contribution is -2.18. The van der Waals surface area contributed by atoms with Crippen molar-refractivity contribution in [2.45, 2.75) is 16.2 Å². The number of allylic oxidation sites excluding steroid dienone is 2. The molecule has 3 rings (SSSR count). The van der Waals surface area contributed by atoms with E-state index in [1.54, 1.807) is 6.07 Å². The predicted octanol–water partition coefficient (Wildman–Crippen LogP) is 1.14. The molecule has 29 heavy (non-hydrogen) atoms. The quantitative estimate of drug-likeness (QED) is 0.566. The molecule has 0 bridgehead atoms. The van der Waals surface area contributed by atoms with Crippen molar-refractivity contribution >= 4 is 36.0 Å². The number of rotatable bonds is 4. The Hall–Kier alpha value is -2.58. The summed E-state index contributed by atoms with van der Waals surface area (Å²) in [6.45, 7) is 0. The van der Waals surface area contributed by atoms with E-state index < -0.39 is 57.9 Å². The molecule has 1 aliphatic carbocycles. The summed E-state index contributed by atoms with van der Waals surface area (Å²) < 4.78 is 93.2. The summed E-state index contributed by atoms with van der Waals surface area (Å²) in [6.07, 6.45) is 0.209. The summed E-state index contributed by atoms with van der Waals surface area (Å²) >= 11 is 0. The highest BCUT2D eigenvalue weighted by molar-refractivity contribution is 7.90. The van der Waals surface area contributed by atoms with Gasteiger partial charge >= 0.3 is 0 Å². The normalized spacial score (nSPS) is 16.3. The first kappa shape index (κ1) is 21.1. The number of nitrogens with zero attached hydrogens (tertiary/aromatic N) is 1. The van der Waals surface area contributed by atoms with E-state index in [1.807, 2.05) is 0 Å². The van der Waals surface area contributed by atoms with Crippen LogP contribution in [0, 0.1) is 0 Å². The monoisotopic (exact) mass is 459 g/mol. The largest absolute Gasteiger partial charge is 0.507 e. The van der Waals surface area contributed by atoms with Crippen molar-refractivity contribution in [1.82, 2.24) is 0 Å². The third-order valence-electron chi connectivity index (χ3n) is 3.98. The Kier molecular flexibility index (Phi) is 5.13. The van der Waals surface area contributed by atoms with E-state index in [1.165, 1.54) is 24.3 Å². The van der Waals surface area contributed by atoms with Crippen molar-refractivity contribution in [3.63, 3.8) is 0 Å². The van der Waals surface area contributed by atoms with Crippen LogP contribution in [0.15, 0.2) is 67.6 Å². The molecule has 2 aromatic rings. The van der Waals surface area contributed by atoms with E-state index in [0.29, 0.717) is 6.07 Å². The van der Waals surface area contributed by atoms with E-state index in [4.69, 9.17) is 0 Å². The van der Waals surface area contributed by atoms with Crippen molar-refractivity contribution in [2.24, 2.45) is 4.40 Å². The van der Waals surface area contributed by atoms with Crippen LogP contribution in [0.2, 0.25) is 0 Å². The maximum atomic E-state index is 12.6. The van der Waals surface area contributed by atoms with Gasteiger partial charge in [0.15, 0.2) is 0 Å². The Morgan fingerprint density at radius 1 is 0.828 bits per heavy atom. The van der Waals surface area contributed by atoms with Gasteiger partial charge in [0.1, 0.15) is 5.75 Å². The maximum absolute atomic E-state index is 12.6. The number of benzene rings is 2. The van der Waals surface area contributed by atoms with Crippen LogP contribution >= 0.6 is 0 Å². The Bertz CT molecular complexity index is 1370. The minimum atomic E-state index is -4.79. The molecule has 0 heterocycles. The molecule has 0 radical (unpaired) electrons. The minimum absolute atomic E-state index is 0.172. The average molecular weight is 459 g/mol. The predicted molar refractivity (Wildman–Crippen MR) is 101 cm³/mol. The first-order valence-electron chi connectivity index (χ1n) is 7.71. The average Bonchev–Trinajstić information content (AvgIpc) is 2.60. The van der Waals surface area contributed by atoms with E-state index in [-0.39, 0.29) is 16.0 Å². The summed E-state index contributed by atoms with van der Waals surface area (Å²) in [7, 11) is -13.9. The fourth-order valence-corrected chi connectivity index (χ4v) is 4.88. The fourth-order valence-electron chi connectivity index (χ4n) is 2.72. The van der Waals surface area contributed by atoms with Gasteiger partial charge in [-0.25, -0.2) is 0 Å². The zero-order valence-electron chi connectivity index (χ0n) is 14.3. The van der Waals surface area contributed by atoms with Crippen molar-refractivity contribution in [1.29, 1.82) is 0 Å².